The molecule has 8 heteroatoms. The van der Waals surface area contributed by atoms with Gasteiger partial charge in [0.1, 0.15) is 0 Å². The molecule has 3 rings (SSSR count). The Bertz CT molecular complexity index is 929. The standard InChI is InChI=1S/C19H18ClN5OS/c1-2-10-25-18(15-6-8-21-9-7-15)23-24-19(25)27-13-17(26)22-12-14-4-3-5-16(20)11-14/h2-9,11H,1,10,12-13H2,(H,22,26). The van der Waals surface area contributed by atoms with E-state index in [1.165, 1.54) is 11.8 Å². The summed E-state index contributed by atoms with van der Waals surface area (Å²) in [6.45, 7) is 4.77. The van der Waals surface area contributed by atoms with Crippen LogP contribution in [-0.4, -0.2) is 31.4 Å². The lowest BCUT2D eigenvalue weighted by Gasteiger charge is -2.08. The van der Waals surface area contributed by atoms with Crippen LogP contribution in [0.2, 0.25) is 5.02 Å². The minimum atomic E-state index is -0.0846. The van der Waals surface area contributed by atoms with Crippen molar-refractivity contribution in [3.63, 3.8) is 0 Å². The van der Waals surface area contributed by atoms with E-state index in [9.17, 15) is 4.79 Å². The second-order valence-electron chi connectivity index (χ2n) is 5.64. The summed E-state index contributed by atoms with van der Waals surface area (Å²) in [5.74, 6) is 0.879. The topological polar surface area (TPSA) is 72.7 Å². The summed E-state index contributed by atoms with van der Waals surface area (Å²) in [6, 6.07) is 11.1. The number of aromatic nitrogens is 4. The molecule has 0 unspecified atom stereocenters. The average molecular weight is 400 g/mol. The van der Waals surface area contributed by atoms with E-state index in [1.807, 2.05) is 34.9 Å². The van der Waals surface area contributed by atoms with Gasteiger partial charge in [0, 0.05) is 36.1 Å². The van der Waals surface area contributed by atoms with Crippen LogP contribution in [0.25, 0.3) is 11.4 Å². The third kappa shape index (κ3) is 5.18. The lowest BCUT2D eigenvalue weighted by Crippen LogP contribution is -2.24. The third-order valence-electron chi connectivity index (χ3n) is 3.68. The van der Waals surface area contributed by atoms with Crippen molar-refractivity contribution < 1.29 is 4.79 Å². The van der Waals surface area contributed by atoms with Crippen LogP contribution in [0.4, 0.5) is 0 Å². The minimum absolute atomic E-state index is 0.0846. The predicted octanol–water partition coefficient (Wildman–Crippen LogP) is 3.59. The van der Waals surface area contributed by atoms with E-state index in [-0.39, 0.29) is 11.7 Å². The molecular weight excluding hydrogens is 382 g/mol. The monoisotopic (exact) mass is 399 g/mol. The normalized spacial score (nSPS) is 10.6. The van der Waals surface area contributed by atoms with Crippen molar-refractivity contribution in [1.82, 2.24) is 25.1 Å². The van der Waals surface area contributed by atoms with Gasteiger partial charge in [-0.05, 0) is 29.8 Å². The highest BCUT2D eigenvalue weighted by molar-refractivity contribution is 7.99. The first-order chi connectivity index (χ1) is 13.2. The van der Waals surface area contributed by atoms with Crippen molar-refractivity contribution in [3.8, 4) is 11.4 Å². The van der Waals surface area contributed by atoms with Gasteiger partial charge in [0.05, 0.1) is 5.75 Å². The third-order valence-corrected chi connectivity index (χ3v) is 4.88. The highest BCUT2D eigenvalue weighted by Gasteiger charge is 2.14. The Balaban J connectivity index is 1.62. The quantitative estimate of drug-likeness (QED) is 0.463. The molecule has 6 nitrogen and oxygen atoms in total. The number of nitrogens with one attached hydrogen (secondary N) is 1. The van der Waals surface area contributed by atoms with Gasteiger partial charge in [-0.2, -0.15) is 0 Å². The molecule has 0 aliphatic rings. The van der Waals surface area contributed by atoms with Crippen LogP contribution in [-0.2, 0) is 17.9 Å². The highest BCUT2D eigenvalue weighted by Crippen LogP contribution is 2.23. The van der Waals surface area contributed by atoms with Crippen LogP contribution < -0.4 is 5.32 Å². The number of hydrogen-bond acceptors (Lipinski definition) is 5. The van der Waals surface area contributed by atoms with Gasteiger partial charge in [-0.15, -0.1) is 16.8 Å². The van der Waals surface area contributed by atoms with Gasteiger partial charge in [0.15, 0.2) is 11.0 Å². The minimum Gasteiger partial charge on any atom is -0.351 e. The van der Waals surface area contributed by atoms with Gasteiger partial charge in [-0.25, -0.2) is 0 Å². The average Bonchev–Trinajstić information content (AvgIpc) is 3.08. The van der Waals surface area contributed by atoms with E-state index < -0.39 is 0 Å². The molecule has 1 amide bonds. The second kappa shape index (κ2) is 9.34. The van der Waals surface area contributed by atoms with Crippen molar-refractivity contribution in [1.29, 1.82) is 0 Å². The number of carbonyl (C=O) groups excluding carboxylic acids is 1. The van der Waals surface area contributed by atoms with Crippen molar-refractivity contribution in [2.24, 2.45) is 0 Å². The molecule has 27 heavy (non-hydrogen) atoms. The maximum Gasteiger partial charge on any atom is 0.230 e. The van der Waals surface area contributed by atoms with Crippen LogP contribution in [0.1, 0.15) is 5.56 Å². The molecule has 0 saturated carbocycles. The molecule has 0 radical (unpaired) electrons. The molecule has 138 valence electrons. The fourth-order valence-corrected chi connectivity index (χ4v) is 3.42. The summed E-state index contributed by atoms with van der Waals surface area (Å²) in [7, 11) is 0. The van der Waals surface area contributed by atoms with Crippen LogP contribution >= 0.6 is 23.4 Å². The number of hydrogen-bond donors (Lipinski definition) is 1. The first kappa shape index (κ1) is 19.1. The molecule has 0 atom stereocenters. The molecule has 0 bridgehead atoms. The Morgan fingerprint density at radius 3 is 2.81 bits per heavy atom. The Morgan fingerprint density at radius 2 is 2.07 bits per heavy atom. The molecule has 1 N–H and O–H groups in total. The van der Waals surface area contributed by atoms with Crippen molar-refractivity contribution in [2.75, 3.05) is 5.75 Å². The summed E-state index contributed by atoms with van der Waals surface area (Å²) in [6.07, 6.45) is 5.19. The number of benzene rings is 1. The summed E-state index contributed by atoms with van der Waals surface area (Å²) < 4.78 is 1.93. The zero-order valence-electron chi connectivity index (χ0n) is 14.5. The molecule has 2 heterocycles. The molecular formula is C19H18ClN5OS. The van der Waals surface area contributed by atoms with Crippen LogP contribution in [0.3, 0.4) is 0 Å². The smallest absolute Gasteiger partial charge is 0.230 e. The summed E-state index contributed by atoms with van der Waals surface area (Å²) in [4.78, 5) is 16.2. The first-order valence-corrected chi connectivity index (χ1v) is 9.62. The number of amides is 1. The van der Waals surface area contributed by atoms with E-state index in [0.717, 1.165) is 17.0 Å². The Hall–Kier alpha value is -2.64. The Kier molecular flexibility index (Phi) is 6.62. The molecule has 0 saturated heterocycles. The summed E-state index contributed by atoms with van der Waals surface area (Å²) >= 11 is 7.29. The molecule has 0 aliphatic heterocycles. The van der Waals surface area contributed by atoms with Gasteiger partial charge in [0.2, 0.25) is 5.91 Å². The van der Waals surface area contributed by atoms with E-state index >= 15 is 0 Å². The highest BCUT2D eigenvalue weighted by atomic mass is 35.5. The van der Waals surface area contributed by atoms with Gasteiger partial charge in [0.25, 0.3) is 0 Å². The summed E-state index contributed by atoms with van der Waals surface area (Å²) in [5.41, 5.74) is 1.87. The van der Waals surface area contributed by atoms with E-state index in [1.54, 1.807) is 24.5 Å². The molecule has 0 fully saturated rings. The number of carbonyl (C=O) groups is 1. The fourth-order valence-electron chi connectivity index (χ4n) is 2.43. The number of rotatable bonds is 8. The van der Waals surface area contributed by atoms with Gasteiger partial charge < -0.3 is 5.32 Å². The van der Waals surface area contributed by atoms with Gasteiger partial charge >= 0.3 is 0 Å². The fraction of sp³-hybridized carbons (Fsp3) is 0.158. The van der Waals surface area contributed by atoms with Crippen molar-refractivity contribution >= 4 is 29.3 Å². The zero-order valence-corrected chi connectivity index (χ0v) is 16.1. The SMILES string of the molecule is C=CCn1c(SCC(=O)NCc2cccc(Cl)c2)nnc1-c1ccncc1. The Morgan fingerprint density at radius 1 is 1.26 bits per heavy atom. The number of thioether (sulfide) groups is 1. The van der Waals surface area contributed by atoms with Gasteiger partial charge in [-0.3, -0.25) is 14.3 Å². The number of allylic oxidation sites excluding steroid dienone is 1. The lowest BCUT2D eigenvalue weighted by molar-refractivity contribution is -0.118. The van der Waals surface area contributed by atoms with Crippen molar-refractivity contribution in [2.45, 2.75) is 18.2 Å². The van der Waals surface area contributed by atoms with Crippen LogP contribution in [0.5, 0.6) is 0 Å². The zero-order chi connectivity index (χ0) is 19.1. The predicted molar refractivity (Wildman–Crippen MR) is 107 cm³/mol. The number of nitrogens with zero attached hydrogens (tertiary/aromatic N) is 4. The van der Waals surface area contributed by atoms with Gasteiger partial charge in [-0.1, -0.05) is 41.6 Å². The molecule has 2 aromatic heterocycles. The second-order valence-corrected chi connectivity index (χ2v) is 7.02. The number of pyridine rings is 1. The molecule has 0 aliphatic carbocycles. The summed E-state index contributed by atoms with van der Waals surface area (Å²) in [5, 5.41) is 12.7. The molecule has 3 aromatic rings. The molecule has 0 spiro atoms. The first-order valence-electron chi connectivity index (χ1n) is 8.26. The van der Waals surface area contributed by atoms with E-state index in [0.29, 0.717) is 23.3 Å². The van der Waals surface area contributed by atoms with Crippen molar-refractivity contribution in [3.05, 3.63) is 72.0 Å². The maximum atomic E-state index is 12.2. The van der Waals surface area contributed by atoms with E-state index in [2.05, 4.69) is 27.1 Å². The number of halogens is 1. The lowest BCUT2D eigenvalue weighted by atomic mass is 10.2. The Labute approximate surface area is 166 Å². The van der Waals surface area contributed by atoms with Crippen LogP contribution in [0, 0.1) is 0 Å². The van der Waals surface area contributed by atoms with E-state index in [4.69, 9.17) is 11.6 Å². The maximum absolute atomic E-state index is 12.2. The largest absolute Gasteiger partial charge is 0.351 e. The molecule has 1 aromatic carbocycles. The van der Waals surface area contributed by atoms with Crippen LogP contribution in [0.15, 0.2) is 66.6 Å².